The van der Waals surface area contributed by atoms with E-state index in [-0.39, 0.29) is 5.97 Å². The second kappa shape index (κ2) is 7.05. The van der Waals surface area contributed by atoms with Crippen LogP contribution >= 0.6 is 11.8 Å². The van der Waals surface area contributed by atoms with Crippen LogP contribution in [0.3, 0.4) is 0 Å². The van der Waals surface area contributed by atoms with Crippen molar-refractivity contribution in [2.24, 2.45) is 0 Å². The molecule has 0 fully saturated rings. The maximum Gasteiger partial charge on any atom is 0.337 e. The average Bonchev–Trinajstić information content (AvgIpc) is 2.93. The van der Waals surface area contributed by atoms with E-state index in [1.807, 2.05) is 30.5 Å². The van der Waals surface area contributed by atoms with Crippen LogP contribution in [0, 0.1) is 0 Å². The van der Waals surface area contributed by atoms with Crippen LogP contribution in [-0.4, -0.2) is 19.3 Å². The highest BCUT2D eigenvalue weighted by Crippen LogP contribution is 2.16. The summed E-state index contributed by atoms with van der Waals surface area (Å²) in [6, 6.07) is 11.1. The number of methoxy groups -OCH3 is 1. The molecule has 0 unspecified atom stereocenters. The summed E-state index contributed by atoms with van der Waals surface area (Å²) in [7, 11) is 1.37. The predicted molar refractivity (Wildman–Crippen MR) is 81.0 cm³/mol. The molecular formula is C15H17NO3S. The minimum absolute atomic E-state index is 0.339. The Balaban J connectivity index is 1.97. The molecule has 0 aliphatic carbocycles. The number of nitrogens with one attached hydrogen (secondary N) is 1. The maximum atomic E-state index is 11.4. The summed E-state index contributed by atoms with van der Waals surface area (Å²) in [6.45, 7) is 0.582. The molecule has 0 amide bonds. The van der Waals surface area contributed by atoms with Crippen LogP contribution in [0.15, 0.2) is 40.8 Å². The fourth-order valence-corrected chi connectivity index (χ4v) is 2.24. The summed E-state index contributed by atoms with van der Waals surface area (Å²) in [5.74, 6) is 2.38. The Labute approximate surface area is 122 Å². The number of ether oxygens (including phenoxy) is 1. The molecule has 0 saturated carbocycles. The third-order valence-electron chi connectivity index (χ3n) is 2.75. The van der Waals surface area contributed by atoms with Crippen molar-refractivity contribution < 1.29 is 13.9 Å². The predicted octanol–water partition coefficient (Wildman–Crippen LogP) is 3.54. The standard InChI is InChI=1S/C15H17NO3S/c1-18-15(17)11-4-3-5-12(8-11)16-9-13-6-7-14(19-13)10-20-2/h3-8,16H,9-10H2,1-2H3. The fraction of sp³-hybridized carbons (Fsp3) is 0.267. The van der Waals surface area contributed by atoms with Crippen molar-refractivity contribution in [3.05, 3.63) is 53.5 Å². The van der Waals surface area contributed by atoms with Gasteiger partial charge in [0.1, 0.15) is 11.5 Å². The molecule has 2 aromatic rings. The second-order valence-electron chi connectivity index (χ2n) is 4.23. The first-order chi connectivity index (χ1) is 9.72. The summed E-state index contributed by atoms with van der Waals surface area (Å²) >= 11 is 1.72. The summed E-state index contributed by atoms with van der Waals surface area (Å²) in [5, 5.41) is 3.23. The number of anilines is 1. The van der Waals surface area contributed by atoms with Crippen LogP contribution in [0.25, 0.3) is 0 Å². The van der Waals surface area contributed by atoms with Gasteiger partial charge in [0, 0.05) is 5.69 Å². The molecule has 106 valence electrons. The normalized spacial score (nSPS) is 10.3. The lowest BCUT2D eigenvalue weighted by atomic mass is 10.2. The molecule has 1 aromatic carbocycles. The van der Waals surface area contributed by atoms with Crippen LogP contribution in [-0.2, 0) is 17.0 Å². The van der Waals surface area contributed by atoms with Crippen molar-refractivity contribution in [2.75, 3.05) is 18.7 Å². The Morgan fingerprint density at radius 2 is 2.10 bits per heavy atom. The second-order valence-corrected chi connectivity index (χ2v) is 5.09. The number of carbonyl (C=O) groups excluding carboxylic acids is 1. The average molecular weight is 291 g/mol. The van der Waals surface area contributed by atoms with Gasteiger partial charge in [0.25, 0.3) is 0 Å². The van der Waals surface area contributed by atoms with Gasteiger partial charge in [-0.3, -0.25) is 0 Å². The lowest BCUT2D eigenvalue weighted by Crippen LogP contribution is -2.03. The molecule has 1 aromatic heterocycles. The number of esters is 1. The van der Waals surface area contributed by atoms with Gasteiger partial charge >= 0.3 is 5.97 Å². The fourth-order valence-electron chi connectivity index (χ4n) is 1.80. The molecule has 1 N–H and O–H groups in total. The zero-order valence-electron chi connectivity index (χ0n) is 11.5. The topological polar surface area (TPSA) is 51.5 Å². The van der Waals surface area contributed by atoms with Crippen molar-refractivity contribution in [3.63, 3.8) is 0 Å². The van der Waals surface area contributed by atoms with Gasteiger partial charge in [0.2, 0.25) is 0 Å². The van der Waals surface area contributed by atoms with Crippen LogP contribution in [0.4, 0.5) is 5.69 Å². The minimum Gasteiger partial charge on any atom is -0.465 e. The molecule has 0 bridgehead atoms. The first-order valence-corrected chi connectivity index (χ1v) is 7.61. The van der Waals surface area contributed by atoms with Gasteiger partial charge < -0.3 is 14.5 Å². The summed E-state index contributed by atoms with van der Waals surface area (Å²) in [5.41, 5.74) is 1.38. The van der Waals surface area contributed by atoms with E-state index in [1.165, 1.54) is 7.11 Å². The van der Waals surface area contributed by atoms with Crippen LogP contribution in [0.5, 0.6) is 0 Å². The van der Waals surface area contributed by atoms with Crippen LogP contribution in [0.2, 0.25) is 0 Å². The maximum absolute atomic E-state index is 11.4. The first-order valence-electron chi connectivity index (χ1n) is 6.21. The molecule has 4 nitrogen and oxygen atoms in total. The first kappa shape index (κ1) is 14.5. The van der Waals surface area contributed by atoms with Gasteiger partial charge in [-0.2, -0.15) is 11.8 Å². The van der Waals surface area contributed by atoms with E-state index in [0.29, 0.717) is 12.1 Å². The molecule has 1 heterocycles. The SMILES string of the molecule is COC(=O)c1cccc(NCc2ccc(CSC)o2)c1. The van der Waals surface area contributed by atoms with E-state index in [9.17, 15) is 4.79 Å². The van der Waals surface area contributed by atoms with Gasteiger partial charge in [0.15, 0.2) is 0 Å². The smallest absolute Gasteiger partial charge is 0.337 e. The lowest BCUT2D eigenvalue weighted by Gasteiger charge is -2.06. The lowest BCUT2D eigenvalue weighted by molar-refractivity contribution is 0.0601. The number of thioether (sulfide) groups is 1. The van der Waals surface area contributed by atoms with Crippen molar-refractivity contribution in [3.8, 4) is 0 Å². The van der Waals surface area contributed by atoms with E-state index in [0.717, 1.165) is 23.0 Å². The molecule has 0 radical (unpaired) electrons. The Bertz CT molecular complexity index is 580. The number of carbonyl (C=O) groups is 1. The van der Waals surface area contributed by atoms with Crippen LogP contribution < -0.4 is 5.32 Å². The minimum atomic E-state index is -0.339. The van der Waals surface area contributed by atoms with Gasteiger partial charge in [-0.05, 0) is 36.6 Å². The molecular weight excluding hydrogens is 274 g/mol. The van der Waals surface area contributed by atoms with Crippen LogP contribution in [0.1, 0.15) is 21.9 Å². The molecule has 0 saturated heterocycles. The molecule has 0 aliphatic rings. The third-order valence-corrected chi connectivity index (χ3v) is 3.33. The zero-order chi connectivity index (χ0) is 14.4. The third kappa shape index (κ3) is 3.81. The number of rotatable bonds is 6. The number of hydrogen-bond donors (Lipinski definition) is 1. The van der Waals surface area contributed by atoms with Gasteiger partial charge in [-0.15, -0.1) is 0 Å². The van der Waals surface area contributed by atoms with Crippen molar-refractivity contribution in [1.82, 2.24) is 0 Å². The van der Waals surface area contributed by atoms with E-state index in [2.05, 4.69) is 5.32 Å². The zero-order valence-corrected chi connectivity index (χ0v) is 12.3. The van der Waals surface area contributed by atoms with E-state index < -0.39 is 0 Å². The Hall–Kier alpha value is -1.88. The Kier molecular flexibility index (Phi) is 5.12. The van der Waals surface area contributed by atoms with E-state index in [1.54, 1.807) is 23.9 Å². The number of benzene rings is 1. The molecule has 0 spiro atoms. The van der Waals surface area contributed by atoms with Gasteiger partial charge in [-0.25, -0.2) is 4.79 Å². The summed E-state index contributed by atoms with van der Waals surface area (Å²) in [6.07, 6.45) is 2.04. The molecule has 0 atom stereocenters. The quantitative estimate of drug-likeness (QED) is 0.825. The number of furan rings is 1. The summed E-state index contributed by atoms with van der Waals surface area (Å²) < 4.78 is 10.4. The molecule has 5 heteroatoms. The molecule has 0 aliphatic heterocycles. The highest BCUT2D eigenvalue weighted by molar-refractivity contribution is 7.97. The summed E-state index contributed by atoms with van der Waals surface area (Å²) in [4.78, 5) is 11.4. The number of hydrogen-bond acceptors (Lipinski definition) is 5. The van der Waals surface area contributed by atoms with Crippen molar-refractivity contribution >= 4 is 23.4 Å². The van der Waals surface area contributed by atoms with Crippen molar-refractivity contribution in [2.45, 2.75) is 12.3 Å². The molecule has 20 heavy (non-hydrogen) atoms. The Morgan fingerprint density at radius 1 is 1.30 bits per heavy atom. The van der Waals surface area contributed by atoms with Crippen molar-refractivity contribution in [1.29, 1.82) is 0 Å². The van der Waals surface area contributed by atoms with Gasteiger partial charge in [0.05, 0.1) is 25.0 Å². The highest BCUT2D eigenvalue weighted by Gasteiger charge is 2.06. The molecule has 2 rings (SSSR count). The monoisotopic (exact) mass is 291 g/mol. The van der Waals surface area contributed by atoms with Gasteiger partial charge in [-0.1, -0.05) is 6.07 Å². The van der Waals surface area contributed by atoms with E-state index in [4.69, 9.17) is 9.15 Å². The largest absolute Gasteiger partial charge is 0.465 e. The highest BCUT2D eigenvalue weighted by atomic mass is 32.2. The Morgan fingerprint density at radius 3 is 2.85 bits per heavy atom. The van der Waals surface area contributed by atoms with E-state index >= 15 is 0 Å².